The predicted octanol–water partition coefficient (Wildman–Crippen LogP) is 3.74. The van der Waals surface area contributed by atoms with Gasteiger partial charge in [-0.1, -0.05) is 32.9 Å². The van der Waals surface area contributed by atoms with E-state index in [1.807, 2.05) is 30.1 Å². The van der Waals surface area contributed by atoms with Crippen molar-refractivity contribution in [2.75, 3.05) is 0 Å². The SMILES string of the molecule is Cc1c(CNC(c2ccc(F)cc2)C(C)(C)C)cnn1C. The van der Waals surface area contributed by atoms with Gasteiger partial charge in [-0.25, -0.2) is 4.39 Å². The van der Waals surface area contributed by atoms with E-state index in [9.17, 15) is 4.39 Å². The van der Waals surface area contributed by atoms with Gasteiger partial charge in [0.1, 0.15) is 5.82 Å². The van der Waals surface area contributed by atoms with E-state index in [0.29, 0.717) is 0 Å². The lowest BCUT2D eigenvalue weighted by atomic mass is 9.82. The lowest BCUT2D eigenvalue weighted by molar-refractivity contribution is 0.270. The minimum atomic E-state index is -0.200. The number of halogens is 1. The number of rotatable bonds is 4. The monoisotopic (exact) mass is 289 g/mol. The number of nitrogens with one attached hydrogen (secondary N) is 1. The summed E-state index contributed by atoms with van der Waals surface area (Å²) in [6.07, 6.45) is 1.90. The van der Waals surface area contributed by atoms with Crippen molar-refractivity contribution in [3.8, 4) is 0 Å². The van der Waals surface area contributed by atoms with E-state index in [0.717, 1.165) is 17.8 Å². The quantitative estimate of drug-likeness (QED) is 0.929. The second-order valence-electron chi connectivity index (χ2n) is 6.61. The minimum Gasteiger partial charge on any atom is -0.305 e. The molecule has 4 heteroatoms. The van der Waals surface area contributed by atoms with Gasteiger partial charge in [0, 0.05) is 30.9 Å². The van der Waals surface area contributed by atoms with Gasteiger partial charge in [-0.15, -0.1) is 0 Å². The Labute approximate surface area is 126 Å². The van der Waals surface area contributed by atoms with Crippen molar-refractivity contribution < 1.29 is 4.39 Å². The maximum absolute atomic E-state index is 13.1. The molecule has 2 rings (SSSR count). The molecule has 0 aliphatic carbocycles. The predicted molar refractivity (Wildman–Crippen MR) is 83.4 cm³/mol. The van der Waals surface area contributed by atoms with E-state index in [1.165, 1.54) is 17.7 Å². The van der Waals surface area contributed by atoms with Crippen LogP contribution in [0.2, 0.25) is 0 Å². The zero-order valence-electron chi connectivity index (χ0n) is 13.4. The average molecular weight is 289 g/mol. The molecular weight excluding hydrogens is 265 g/mol. The highest BCUT2D eigenvalue weighted by molar-refractivity contribution is 5.23. The molecule has 0 aliphatic heterocycles. The van der Waals surface area contributed by atoms with Crippen LogP contribution < -0.4 is 5.32 Å². The smallest absolute Gasteiger partial charge is 0.123 e. The van der Waals surface area contributed by atoms with Crippen LogP contribution in [-0.4, -0.2) is 9.78 Å². The summed E-state index contributed by atoms with van der Waals surface area (Å²) in [7, 11) is 1.94. The van der Waals surface area contributed by atoms with Crippen LogP contribution in [0.1, 0.15) is 43.6 Å². The van der Waals surface area contributed by atoms with Gasteiger partial charge >= 0.3 is 0 Å². The van der Waals surface area contributed by atoms with Crippen LogP contribution >= 0.6 is 0 Å². The van der Waals surface area contributed by atoms with Crippen LogP contribution in [0.4, 0.5) is 4.39 Å². The van der Waals surface area contributed by atoms with Crippen molar-refractivity contribution in [3.63, 3.8) is 0 Å². The normalized spacial score (nSPS) is 13.4. The zero-order chi connectivity index (χ0) is 15.6. The molecule has 0 saturated heterocycles. The van der Waals surface area contributed by atoms with Crippen LogP contribution in [0.25, 0.3) is 0 Å². The fourth-order valence-corrected chi connectivity index (χ4v) is 2.51. The number of nitrogens with zero attached hydrogens (tertiary/aromatic N) is 2. The summed E-state index contributed by atoms with van der Waals surface area (Å²) in [5.41, 5.74) is 3.49. The van der Waals surface area contributed by atoms with E-state index in [2.05, 4.69) is 38.1 Å². The number of hydrogen-bond donors (Lipinski definition) is 1. The van der Waals surface area contributed by atoms with Gasteiger partial charge < -0.3 is 5.32 Å². The van der Waals surface area contributed by atoms with Crippen LogP contribution in [0.3, 0.4) is 0 Å². The third-order valence-electron chi connectivity index (χ3n) is 3.90. The summed E-state index contributed by atoms with van der Waals surface area (Å²) in [6, 6.07) is 6.90. The highest BCUT2D eigenvalue weighted by atomic mass is 19.1. The van der Waals surface area contributed by atoms with Crippen LogP contribution in [0.15, 0.2) is 30.5 Å². The van der Waals surface area contributed by atoms with Crippen molar-refractivity contribution in [1.82, 2.24) is 15.1 Å². The molecule has 1 aromatic carbocycles. The first-order valence-corrected chi connectivity index (χ1v) is 7.25. The lowest BCUT2D eigenvalue weighted by Crippen LogP contribution is -2.32. The Balaban J connectivity index is 2.18. The second-order valence-corrected chi connectivity index (χ2v) is 6.61. The van der Waals surface area contributed by atoms with Gasteiger partial charge in [-0.05, 0) is 30.0 Å². The first-order chi connectivity index (χ1) is 9.79. The Morgan fingerprint density at radius 3 is 2.33 bits per heavy atom. The molecule has 1 atom stereocenters. The van der Waals surface area contributed by atoms with E-state index < -0.39 is 0 Å². The molecule has 3 nitrogen and oxygen atoms in total. The van der Waals surface area contributed by atoms with Gasteiger partial charge in [-0.2, -0.15) is 5.10 Å². The number of aromatic nitrogens is 2. The number of benzene rings is 1. The number of hydrogen-bond acceptors (Lipinski definition) is 2. The molecule has 1 aromatic heterocycles. The van der Waals surface area contributed by atoms with Crippen molar-refractivity contribution >= 4 is 0 Å². The summed E-state index contributed by atoms with van der Waals surface area (Å²) in [6.45, 7) is 9.37. The third-order valence-corrected chi connectivity index (χ3v) is 3.90. The van der Waals surface area contributed by atoms with Gasteiger partial charge in [0.2, 0.25) is 0 Å². The molecule has 1 heterocycles. The summed E-state index contributed by atoms with van der Waals surface area (Å²) in [5, 5.41) is 7.86. The van der Waals surface area contributed by atoms with Gasteiger partial charge in [0.05, 0.1) is 6.20 Å². The molecule has 0 amide bonds. The van der Waals surface area contributed by atoms with Gasteiger partial charge in [0.25, 0.3) is 0 Å². The van der Waals surface area contributed by atoms with Crippen molar-refractivity contribution in [1.29, 1.82) is 0 Å². The molecule has 0 bridgehead atoms. The van der Waals surface area contributed by atoms with E-state index >= 15 is 0 Å². The summed E-state index contributed by atoms with van der Waals surface area (Å²) < 4.78 is 15.0. The van der Waals surface area contributed by atoms with Crippen molar-refractivity contribution in [3.05, 3.63) is 53.1 Å². The molecule has 0 aliphatic rings. The summed E-state index contributed by atoms with van der Waals surface area (Å²) in [5.74, 6) is -0.200. The van der Waals surface area contributed by atoms with Gasteiger partial charge in [-0.3, -0.25) is 4.68 Å². The lowest BCUT2D eigenvalue weighted by Gasteiger charge is -2.32. The highest BCUT2D eigenvalue weighted by Crippen LogP contribution is 2.33. The first kappa shape index (κ1) is 15.7. The van der Waals surface area contributed by atoms with Crippen LogP contribution in [0.5, 0.6) is 0 Å². The Kier molecular flexibility index (Phi) is 4.47. The zero-order valence-corrected chi connectivity index (χ0v) is 13.4. The largest absolute Gasteiger partial charge is 0.305 e. The Hall–Kier alpha value is -1.68. The Morgan fingerprint density at radius 1 is 1.24 bits per heavy atom. The van der Waals surface area contributed by atoms with E-state index in [1.54, 1.807) is 0 Å². The molecule has 114 valence electrons. The fraction of sp³-hybridized carbons (Fsp3) is 0.471. The molecule has 2 aromatic rings. The standard InChI is InChI=1S/C17H24FN3/c1-12-14(11-20-21(12)5)10-19-16(17(2,3)4)13-6-8-15(18)9-7-13/h6-9,11,16,19H,10H2,1-5H3. The second kappa shape index (κ2) is 5.98. The van der Waals surface area contributed by atoms with E-state index in [-0.39, 0.29) is 17.3 Å². The Bertz CT molecular complexity index is 593. The average Bonchev–Trinajstić information content (AvgIpc) is 2.71. The molecule has 0 fully saturated rings. The van der Waals surface area contributed by atoms with E-state index in [4.69, 9.17) is 0 Å². The summed E-state index contributed by atoms with van der Waals surface area (Å²) >= 11 is 0. The van der Waals surface area contributed by atoms with Crippen molar-refractivity contribution in [2.24, 2.45) is 12.5 Å². The fourth-order valence-electron chi connectivity index (χ4n) is 2.51. The molecule has 1 unspecified atom stereocenters. The topological polar surface area (TPSA) is 29.9 Å². The highest BCUT2D eigenvalue weighted by Gasteiger charge is 2.26. The first-order valence-electron chi connectivity index (χ1n) is 7.25. The molecule has 0 radical (unpaired) electrons. The van der Waals surface area contributed by atoms with Crippen LogP contribution in [0, 0.1) is 18.2 Å². The Morgan fingerprint density at radius 2 is 1.86 bits per heavy atom. The summed E-state index contributed by atoms with van der Waals surface area (Å²) in [4.78, 5) is 0. The maximum atomic E-state index is 13.1. The van der Waals surface area contributed by atoms with Crippen LogP contribution in [-0.2, 0) is 13.6 Å². The van der Waals surface area contributed by atoms with Crippen molar-refractivity contribution in [2.45, 2.75) is 40.3 Å². The maximum Gasteiger partial charge on any atom is 0.123 e. The minimum absolute atomic E-state index is 0.0357. The van der Waals surface area contributed by atoms with Gasteiger partial charge in [0.15, 0.2) is 0 Å². The third kappa shape index (κ3) is 3.70. The molecule has 21 heavy (non-hydrogen) atoms. The molecular formula is C17H24FN3. The number of aryl methyl sites for hydroxylation is 1. The molecule has 0 saturated carbocycles. The molecule has 1 N–H and O–H groups in total. The molecule has 0 spiro atoms.